The minimum absolute atomic E-state index is 0.832. The molecule has 0 fully saturated rings. The molecule has 3 heteroatoms. The highest BCUT2D eigenvalue weighted by Gasteiger charge is 2.28. The summed E-state index contributed by atoms with van der Waals surface area (Å²) in [6, 6.07) is 57.7. The van der Waals surface area contributed by atoms with Crippen LogP contribution in [0.4, 0.5) is 17.1 Å². The summed E-state index contributed by atoms with van der Waals surface area (Å²) < 4.78 is 13.5. The topological polar surface area (TPSA) is 29.5 Å². The first-order chi connectivity index (χ1) is 23.3. The number of rotatable bonds is 4. The van der Waals surface area contributed by atoms with Crippen LogP contribution in [0.1, 0.15) is 0 Å². The predicted molar refractivity (Wildman–Crippen MR) is 196 cm³/mol. The molecule has 8 aromatic carbocycles. The summed E-state index contributed by atoms with van der Waals surface area (Å²) in [6.07, 6.45) is 0. The lowest BCUT2D eigenvalue weighted by Gasteiger charge is -2.30. The van der Waals surface area contributed by atoms with Gasteiger partial charge in [-0.15, -0.1) is 0 Å². The summed E-state index contributed by atoms with van der Waals surface area (Å²) in [4.78, 5) is 2.38. The molecule has 3 nitrogen and oxygen atoms in total. The SMILES string of the molecule is c1ccc(-c2c(N(c3cccc4c3oc3ccccc34)c3cccc4c3oc3ccccc34)c3ccccc3c3ccccc23)cc1. The molecule has 0 unspecified atom stereocenters. The van der Waals surface area contributed by atoms with Crippen LogP contribution in [0.3, 0.4) is 0 Å². The van der Waals surface area contributed by atoms with Gasteiger partial charge in [-0.2, -0.15) is 0 Å². The first kappa shape index (κ1) is 26.0. The highest BCUT2D eigenvalue weighted by atomic mass is 16.3. The van der Waals surface area contributed by atoms with Gasteiger partial charge in [-0.3, -0.25) is 0 Å². The van der Waals surface area contributed by atoms with Crippen LogP contribution in [-0.4, -0.2) is 0 Å². The zero-order valence-corrected chi connectivity index (χ0v) is 25.4. The third-order valence-electron chi connectivity index (χ3n) is 9.44. The van der Waals surface area contributed by atoms with Gasteiger partial charge in [0.2, 0.25) is 0 Å². The minimum Gasteiger partial charge on any atom is -0.454 e. The van der Waals surface area contributed by atoms with Crippen LogP contribution in [0.5, 0.6) is 0 Å². The molecule has 2 heterocycles. The van der Waals surface area contributed by atoms with Crippen LogP contribution in [0, 0.1) is 0 Å². The molecule has 0 N–H and O–H groups in total. The monoisotopic (exact) mass is 601 g/mol. The highest BCUT2D eigenvalue weighted by molar-refractivity contribution is 6.24. The van der Waals surface area contributed by atoms with Gasteiger partial charge in [0.25, 0.3) is 0 Å². The van der Waals surface area contributed by atoms with Crippen molar-refractivity contribution in [2.24, 2.45) is 0 Å². The van der Waals surface area contributed by atoms with Crippen molar-refractivity contribution in [2.75, 3.05) is 4.90 Å². The summed E-state index contributed by atoms with van der Waals surface area (Å²) in [5.74, 6) is 0. The Morgan fingerprint density at radius 2 is 0.745 bits per heavy atom. The number of hydrogen-bond donors (Lipinski definition) is 0. The van der Waals surface area contributed by atoms with Gasteiger partial charge < -0.3 is 13.7 Å². The second-order valence-electron chi connectivity index (χ2n) is 12.0. The average molecular weight is 602 g/mol. The van der Waals surface area contributed by atoms with Gasteiger partial charge in [0, 0.05) is 32.5 Å². The van der Waals surface area contributed by atoms with E-state index in [1.807, 2.05) is 24.3 Å². The van der Waals surface area contributed by atoms with E-state index in [-0.39, 0.29) is 0 Å². The maximum atomic E-state index is 6.75. The molecule has 0 radical (unpaired) electrons. The minimum atomic E-state index is 0.832. The molecule has 0 saturated carbocycles. The predicted octanol–water partition coefficient (Wildman–Crippen LogP) is 12.9. The van der Waals surface area contributed by atoms with Crippen LogP contribution in [0.25, 0.3) is 76.5 Å². The van der Waals surface area contributed by atoms with Crippen molar-refractivity contribution < 1.29 is 8.83 Å². The molecule has 2 aromatic heterocycles. The van der Waals surface area contributed by atoms with Crippen molar-refractivity contribution in [1.82, 2.24) is 0 Å². The zero-order chi connectivity index (χ0) is 30.9. The van der Waals surface area contributed by atoms with Gasteiger partial charge in [0.15, 0.2) is 11.2 Å². The fourth-order valence-electron chi connectivity index (χ4n) is 7.44. The van der Waals surface area contributed by atoms with Gasteiger partial charge in [-0.05, 0) is 46.0 Å². The molecule has 0 atom stereocenters. The van der Waals surface area contributed by atoms with Crippen molar-refractivity contribution in [1.29, 1.82) is 0 Å². The number of para-hydroxylation sites is 4. The van der Waals surface area contributed by atoms with Gasteiger partial charge in [-0.1, -0.05) is 140 Å². The lowest BCUT2D eigenvalue weighted by molar-refractivity contribution is 0.666. The number of hydrogen-bond acceptors (Lipinski definition) is 3. The summed E-state index contributed by atoms with van der Waals surface area (Å²) in [5.41, 5.74) is 8.66. The van der Waals surface area contributed by atoms with Crippen LogP contribution in [0.15, 0.2) is 173 Å². The van der Waals surface area contributed by atoms with E-state index in [9.17, 15) is 0 Å². The number of fused-ring (bicyclic) bond motifs is 9. The van der Waals surface area contributed by atoms with Crippen molar-refractivity contribution in [3.8, 4) is 11.1 Å². The third-order valence-corrected chi connectivity index (χ3v) is 9.44. The Kier molecular flexibility index (Phi) is 5.57. The molecule has 0 saturated heterocycles. The molecule has 10 rings (SSSR count). The van der Waals surface area contributed by atoms with Crippen molar-refractivity contribution in [2.45, 2.75) is 0 Å². The largest absolute Gasteiger partial charge is 0.454 e. The Morgan fingerprint density at radius 1 is 0.319 bits per heavy atom. The van der Waals surface area contributed by atoms with Gasteiger partial charge >= 0.3 is 0 Å². The molecule has 0 aliphatic carbocycles. The summed E-state index contributed by atoms with van der Waals surface area (Å²) in [6.45, 7) is 0. The van der Waals surface area contributed by atoms with Crippen LogP contribution >= 0.6 is 0 Å². The second kappa shape index (κ2) is 10.1. The first-order valence-electron chi connectivity index (χ1n) is 15.9. The van der Waals surface area contributed by atoms with E-state index in [1.165, 1.54) is 16.2 Å². The number of anilines is 3. The molecule has 0 spiro atoms. The highest BCUT2D eigenvalue weighted by Crippen LogP contribution is 2.52. The Balaban J connectivity index is 1.44. The molecule has 10 aromatic rings. The summed E-state index contributed by atoms with van der Waals surface area (Å²) >= 11 is 0. The zero-order valence-electron chi connectivity index (χ0n) is 25.4. The molecule has 0 bridgehead atoms. The van der Waals surface area contributed by atoms with Crippen molar-refractivity contribution in [3.05, 3.63) is 164 Å². The fraction of sp³-hybridized carbons (Fsp3) is 0. The number of benzene rings is 8. The van der Waals surface area contributed by atoms with E-state index in [4.69, 9.17) is 8.83 Å². The van der Waals surface area contributed by atoms with Gasteiger partial charge in [-0.25, -0.2) is 0 Å². The lowest BCUT2D eigenvalue weighted by Crippen LogP contribution is -2.13. The Bertz CT molecular complexity index is 2690. The van der Waals surface area contributed by atoms with E-state index < -0.39 is 0 Å². The first-order valence-corrected chi connectivity index (χ1v) is 15.9. The van der Waals surface area contributed by atoms with Crippen molar-refractivity contribution >= 4 is 82.5 Å². The van der Waals surface area contributed by atoms with Crippen LogP contribution in [0.2, 0.25) is 0 Å². The normalized spacial score (nSPS) is 11.8. The van der Waals surface area contributed by atoms with E-state index in [0.29, 0.717) is 0 Å². The molecular weight excluding hydrogens is 574 g/mol. The third kappa shape index (κ3) is 3.81. The average Bonchev–Trinajstić information content (AvgIpc) is 3.72. The lowest BCUT2D eigenvalue weighted by atomic mass is 9.90. The number of nitrogens with zero attached hydrogens (tertiary/aromatic N) is 1. The van der Waals surface area contributed by atoms with E-state index >= 15 is 0 Å². The smallest absolute Gasteiger partial charge is 0.159 e. The standard InChI is InChI=1S/C44H27NO2/c1-2-14-28(15-3-1)41-33-20-6-4-16-29(33)30-17-5-7-21-34(30)42(41)45(37-24-12-22-35-31-18-8-10-26-39(31)46-43(35)37)38-25-13-23-36-32-19-9-11-27-40(32)47-44(36)38/h1-27H. The Labute approximate surface area is 270 Å². The van der Waals surface area contributed by atoms with Crippen LogP contribution < -0.4 is 4.90 Å². The van der Waals surface area contributed by atoms with E-state index in [1.54, 1.807) is 0 Å². The summed E-state index contributed by atoms with van der Waals surface area (Å²) in [5, 5.41) is 9.08. The molecule has 220 valence electrons. The van der Waals surface area contributed by atoms with E-state index in [0.717, 1.165) is 77.5 Å². The summed E-state index contributed by atoms with van der Waals surface area (Å²) in [7, 11) is 0. The van der Waals surface area contributed by atoms with Crippen molar-refractivity contribution in [3.63, 3.8) is 0 Å². The van der Waals surface area contributed by atoms with Gasteiger partial charge in [0.05, 0.1) is 17.1 Å². The molecule has 47 heavy (non-hydrogen) atoms. The maximum absolute atomic E-state index is 6.75. The number of furan rings is 2. The quantitative estimate of drug-likeness (QED) is 0.188. The Hall–Kier alpha value is -6.32. The Morgan fingerprint density at radius 3 is 1.32 bits per heavy atom. The molecule has 0 aliphatic rings. The fourth-order valence-corrected chi connectivity index (χ4v) is 7.44. The molecule has 0 amide bonds. The molecule has 0 aliphatic heterocycles. The second-order valence-corrected chi connectivity index (χ2v) is 12.0. The maximum Gasteiger partial charge on any atom is 0.159 e. The van der Waals surface area contributed by atoms with E-state index in [2.05, 4.69) is 144 Å². The van der Waals surface area contributed by atoms with Crippen LogP contribution in [-0.2, 0) is 0 Å². The van der Waals surface area contributed by atoms with Gasteiger partial charge in [0.1, 0.15) is 11.2 Å². The molecular formula is C44H27NO2.